The summed E-state index contributed by atoms with van der Waals surface area (Å²) >= 11 is 0. The van der Waals surface area contributed by atoms with E-state index in [2.05, 4.69) is 9.47 Å². The topological polar surface area (TPSA) is 69.7 Å². The zero-order chi connectivity index (χ0) is 9.14. The maximum atomic E-state index is 10.8. The predicted molar refractivity (Wildman–Crippen MR) is 35.8 cm³/mol. The number of carbonyl (C=O) groups is 3. The normalized spacial score (nSPS) is 21.9. The van der Waals surface area contributed by atoms with Gasteiger partial charge in [-0.3, -0.25) is 4.79 Å². The van der Waals surface area contributed by atoms with Gasteiger partial charge in [0.1, 0.15) is 0 Å². The van der Waals surface area contributed by atoms with Crippen molar-refractivity contribution in [2.45, 2.75) is 13.0 Å². The summed E-state index contributed by atoms with van der Waals surface area (Å²) in [6.45, 7) is 1.16. The van der Waals surface area contributed by atoms with E-state index in [-0.39, 0.29) is 0 Å². The fourth-order valence-corrected chi connectivity index (χ4v) is 0.702. The van der Waals surface area contributed by atoms with E-state index in [1.807, 2.05) is 0 Å². The van der Waals surface area contributed by atoms with Gasteiger partial charge in [-0.25, -0.2) is 9.59 Å². The molecule has 0 radical (unpaired) electrons. The van der Waals surface area contributed by atoms with Gasteiger partial charge in [-0.05, 0) is 6.08 Å². The van der Waals surface area contributed by atoms with E-state index in [9.17, 15) is 14.4 Å². The van der Waals surface area contributed by atoms with E-state index >= 15 is 0 Å². The standard InChI is InChI=1S/C7H6O5/c1-4(8)11-5-2-3-6(9)12-7(5)10/h2-3,5H,1H3. The maximum Gasteiger partial charge on any atom is 0.359 e. The van der Waals surface area contributed by atoms with Crippen LogP contribution in [0, 0.1) is 0 Å². The molecule has 0 saturated heterocycles. The molecule has 0 aliphatic carbocycles. The molecule has 1 aliphatic rings. The van der Waals surface area contributed by atoms with Crippen molar-refractivity contribution < 1.29 is 23.9 Å². The van der Waals surface area contributed by atoms with Crippen LogP contribution in [0.1, 0.15) is 6.92 Å². The van der Waals surface area contributed by atoms with Crippen molar-refractivity contribution in [1.29, 1.82) is 0 Å². The molecule has 0 fully saturated rings. The minimum Gasteiger partial charge on any atom is -0.446 e. The van der Waals surface area contributed by atoms with Gasteiger partial charge in [-0.1, -0.05) is 0 Å². The van der Waals surface area contributed by atoms with Crippen LogP contribution >= 0.6 is 0 Å². The Morgan fingerprint density at radius 3 is 2.75 bits per heavy atom. The minimum absolute atomic E-state index is 0.601. The molecule has 0 spiro atoms. The van der Waals surface area contributed by atoms with Crippen LogP contribution in [0.25, 0.3) is 0 Å². The molecule has 0 N–H and O–H groups in total. The lowest BCUT2D eigenvalue weighted by atomic mass is 10.3. The molecule has 1 rings (SSSR count). The number of hydrogen-bond acceptors (Lipinski definition) is 5. The molecular weight excluding hydrogens is 164 g/mol. The smallest absolute Gasteiger partial charge is 0.359 e. The van der Waals surface area contributed by atoms with Crippen LogP contribution in [0.2, 0.25) is 0 Å². The lowest BCUT2D eigenvalue weighted by Gasteiger charge is -2.13. The van der Waals surface area contributed by atoms with Gasteiger partial charge >= 0.3 is 17.9 Å². The summed E-state index contributed by atoms with van der Waals surface area (Å²) in [6, 6.07) is 0. The van der Waals surface area contributed by atoms with Gasteiger partial charge in [0, 0.05) is 13.0 Å². The lowest BCUT2D eigenvalue weighted by Crippen LogP contribution is -2.31. The van der Waals surface area contributed by atoms with Gasteiger partial charge in [0.05, 0.1) is 0 Å². The Hall–Kier alpha value is -1.65. The Kier molecular flexibility index (Phi) is 2.23. The quantitative estimate of drug-likeness (QED) is 0.394. The Labute approximate surface area is 67.9 Å². The number of carbonyl (C=O) groups excluding carboxylic acids is 3. The SMILES string of the molecule is CC(=O)OC1C=CC(=O)OC1=O. The molecule has 1 heterocycles. The molecule has 1 atom stereocenters. The molecule has 1 unspecified atom stereocenters. The minimum atomic E-state index is -1.08. The van der Waals surface area contributed by atoms with Crippen molar-refractivity contribution in [3.63, 3.8) is 0 Å². The maximum absolute atomic E-state index is 10.8. The second-order valence-corrected chi connectivity index (χ2v) is 2.13. The van der Waals surface area contributed by atoms with Crippen LogP contribution in [-0.2, 0) is 23.9 Å². The van der Waals surface area contributed by atoms with Crippen molar-refractivity contribution in [2.75, 3.05) is 0 Å². The second kappa shape index (κ2) is 3.17. The average molecular weight is 170 g/mol. The highest BCUT2D eigenvalue weighted by molar-refractivity contribution is 5.98. The number of hydrogen-bond donors (Lipinski definition) is 0. The van der Waals surface area contributed by atoms with Crippen LogP contribution in [0.3, 0.4) is 0 Å². The molecule has 64 valence electrons. The number of esters is 3. The van der Waals surface area contributed by atoms with E-state index in [1.165, 1.54) is 6.08 Å². The molecular formula is C7H6O5. The molecule has 1 aliphatic heterocycles. The second-order valence-electron chi connectivity index (χ2n) is 2.13. The number of rotatable bonds is 1. The van der Waals surface area contributed by atoms with Crippen molar-refractivity contribution in [3.8, 4) is 0 Å². The van der Waals surface area contributed by atoms with Gasteiger partial charge in [0.15, 0.2) is 0 Å². The number of cyclic esters (lactones) is 2. The van der Waals surface area contributed by atoms with E-state index in [1.54, 1.807) is 0 Å². The highest BCUT2D eigenvalue weighted by Gasteiger charge is 2.26. The third-order valence-corrected chi connectivity index (χ3v) is 1.13. The van der Waals surface area contributed by atoms with Gasteiger partial charge in [0.2, 0.25) is 6.10 Å². The highest BCUT2D eigenvalue weighted by atomic mass is 16.6. The summed E-state index contributed by atoms with van der Waals surface area (Å²) in [7, 11) is 0. The first-order valence-corrected chi connectivity index (χ1v) is 3.20. The molecule has 5 nitrogen and oxygen atoms in total. The summed E-state index contributed by atoms with van der Waals surface area (Å²) in [5.41, 5.74) is 0. The van der Waals surface area contributed by atoms with E-state index in [0.29, 0.717) is 0 Å². The van der Waals surface area contributed by atoms with Crippen LogP contribution in [0.15, 0.2) is 12.2 Å². The zero-order valence-electron chi connectivity index (χ0n) is 6.27. The van der Waals surface area contributed by atoms with E-state index < -0.39 is 24.0 Å². The summed E-state index contributed by atoms with van der Waals surface area (Å²) < 4.78 is 8.66. The third kappa shape index (κ3) is 1.91. The Bertz CT molecular complexity index is 265. The number of ether oxygens (including phenoxy) is 2. The van der Waals surface area contributed by atoms with E-state index in [4.69, 9.17) is 0 Å². The van der Waals surface area contributed by atoms with Crippen LogP contribution in [0.4, 0.5) is 0 Å². The Morgan fingerprint density at radius 2 is 2.25 bits per heavy atom. The van der Waals surface area contributed by atoms with Crippen molar-refractivity contribution in [2.24, 2.45) is 0 Å². The van der Waals surface area contributed by atoms with Gasteiger partial charge in [0.25, 0.3) is 0 Å². The Morgan fingerprint density at radius 1 is 1.58 bits per heavy atom. The molecule has 0 aromatic carbocycles. The molecule has 0 amide bonds. The fourth-order valence-electron chi connectivity index (χ4n) is 0.702. The molecule has 0 saturated carbocycles. The first kappa shape index (κ1) is 8.45. The first-order valence-electron chi connectivity index (χ1n) is 3.20. The molecule has 5 heteroatoms. The Balaban J connectivity index is 2.66. The van der Waals surface area contributed by atoms with Crippen molar-refractivity contribution in [3.05, 3.63) is 12.2 Å². The fraction of sp³-hybridized carbons (Fsp3) is 0.286. The first-order chi connectivity index (χ1) is 5.59. The van der Waals surface area contributed by atoms with Gasteiger partial charge < -0.3 is 9.47 Å². The predicted octanol–water partition coefficient (Wildman–Crippen LogP) is -0.442. The largest absolute Gasteiger partial charge is 0.446 e. The summed E-state index contributed by atoms with van der Waals surface area (Å²) in [5.74, 6) is -2.21. The summed E-state index contributed by atoms with van der Waals surface area (Å²) in [4.78, 5) is 31.6. The van der Waals surface area contributed by atoms with Crippen LogP contribution < -0.4 is 0 Å². The van der Waals surface area contributed by atoms with E-state index in [0.717, 1.165) is 13.0 Å². The third-order valence-electron chi connectivity index (χ3n) is 1.13. The zero-order valence-corrected chi connectivity index (χ0v) is 6.27. The highest BCUT2D eigenvalue weighted by Crippen LogP contribution is 2.04. The molecule has 0 bridgehead atoms. The van der Waals surface area contributed by atoms with Crippen molar-refractivity contribution in [1.82, 2.24) is 0 Å². The monoisotopic (exact) mass is 170 g/mol. The van der Waals surface area contributed by atoms with Crippen molar-refractivity contribution >= 4 is 17.9 Å². The summed E-state index contributed by atoms with van der Waals surface area (Å²) in [5, 5.41) is 0. The molecule has 0 aromatic heterocycles. The summed E-state index contributed by atoms with van der Waals surface area (Å²) in [6.07, 6.45) is 1.13. The van der Waals surface area contributed by atoms with Gasteiger partial charge in [-0.15, -0.1) is 0 Å². The van der Waals surface area contributed by atoms with Crippen LogP contribution in [0.5, 0.6) is 0 Å². The molecule has 0 aromatic rings. The molecule has 12 heavy (non-hydrogen) atoms. The van der Waals surface area contributed by atoms with Gasteiger partial charge in [-0.2, -0.15) is 0 Å². The van der Waals surface area contributed by atoms with Crippen LogP contribution in [-0.4, -0.2) is 24.0 Å². The lowest BCUT2D eigenvalue weighted by molar-refractivity contribution is -0.170. The average Bonchev–Trinajstić information content (AvgIpc) is 1.94.